The van der Waals surface area contributed by atoms with Gasteiger partial charge in [-0.1, -0.05) is 0 Å². The topological polar surface area (TPSA) is 12.0 Å². The zero-order valence-electron chi connectivity index (χ0n) is 5.35. The molecule has 0 amide bonds. The first-order valence-electron chi connectivity index (χ1n) is 3.62. The van der Waals surface area contributed by atoms with Gasteiger partial charge in [-0.15, -0.1) is 0 Å². The highest BCUT2D eigenvalue weighted by Crippen LogP contribution is 2.36. The molecule has 1 saturated carbocycles. The predicted molar refractivity (Wildman–Crippen MR) is 33.7 cm³/mol. The summed E-state index contributed by atoms with van der Waals surface area (Å²) in [5.41, 5.74) is 0. The van der Waals surface area contributed by atoms with E-state index in [1.165, 1.54) is 19.3 Å². The van der Waals surface area contributed by atoms with E-state index in [1.54, 1.807) is 0 Å². The van der Waals surface area contributed by atoms with Crippen molar-refractivity contribution in [3.8, 4) is 0 Å². The molecule has 0 aromatic heterocycles. The van der Waals surface area contributed by atoms with Gasteiger partial charge in [0.05, 0.1) is 0 Å². The van der Waals surface area contributed by atoms with Gasteiger partial charge >= 0.3 is 0 Å². The fraction of sp³-hybridized carbons (Fsp3) is 1.00. The van der Waals surface area contributed by atoms with E-state index in [-0.39, 0.29) is 0 Å². The lowest BCUT2D eigenvalue weighted by Gasteiger charge is -2.29. The van der Waals surface area contributed by atoms with E-state index in [1.807, 2.05) is 0 Å². The van der Waals surface area contributed by atoms with Crippen molar-refractivity contribution in [3.63, 3.8) is 0 Å². The molecule has 1 heterocycles. The lowest BCUT2D eigenvalue weighted by molar-refractivity contribution is 0.276. The Morgan fingerprint density at radius 2 is 2.25 bits per heavy atom. The van der Waals surface area contributed by atoms with Crippen LogP contribution in [0.25, 0.3) is 0 Å². The van der Waals surface area contributed by atoms with Gasteiger partial charge in [-0.3, -0.25) is 0 Å². The first-order chi connectivity index (χ1) is 3.86. The third kappa shape index (κ3) is 0.510. The largest absolute Gasteiger partial charge is 0.311 e. The Hall–Kier alpha value is -0.0400. The minimum absolute atomic E-state index is 0.812. The fourth-order valence-electron chi connectivity index (χ4n) is 1.96. The summed E-state index contributed by atoms with van der Waals surface area (Å²) in [7, 11) is 0. The van der Waals surface area contributed by atoms with E-state index in [2.05, 4.69) is 12.2 Å². The Kier molecular flexibility index (Phi) is 0.884. The van der Waals surface area contributed by atoms with Crippen LogP contribution in [-0.2, 0) is 0 Å². The fourth-order valence-corrected chi connectivity index (χ4v) is 1.96. The van der Waals surface area contributed by atoms with Gasteiger partial charge in [-0.25, -0.2) is 0 Å². The SMILES string of the molecule is CC1CC2CCC2N1. The molecule has 0 aromatic carbocycles. The minimum Gasteiger partial charge on any atom is -0.311 e. The predicted octanol–water partition coefficient (Wildman–Crippen LogP) is 1.15. The molecule has 46 valence electrons. The summed E-state index contributed by atoms with van der Waals surface area (Å²) in [5, 5.41) is 3.55. The molecule has 1 aliphatic heterocycles. The summed E-state index contributed by atoms with van der Waals surface area (Å²) < 4.78 is 0. The summed E-state index contributed by atoms with van der Waals surface area (Å²) >= 11 is 0. The van der Waals surface area contributed by atoms with Crippen molar-refractivity contribution in [1.29, 1.82) is 0 Å². The molecule has 0 spiro atoms. The number of nitrogens with one attached hydrogen (secondary N) is 1. The Bertz CT molecular complexity index is 88.6. The molecule has 3 unspecified atom stereocenters. The van der Waals surface area contributed by atoms with Crippen molar-refractivity contribution >= 4 is 0 Å². The van der Waals surface area contributed by atoms with Gasteiger partial charge in [0.25, 0.3) is 0 Å². The van der Waals surface area contributed by atoms with E-state index in [9.17, 15) is 0 Å². The Morgan fingerprint density at radius 1 is 1.38 bits per heavy atom. The van der Waals surface area contributed by atoms with Crippen LogP contribution in [0.3, 0.4) is 0 Å². The molecule has 2 rings (SSSR count). The van der Waals surface area contributed by atoms with Gasteiger partial charge in [-0.05, 0) is 32.1 Å². The van der Waals surface area contributed by atoms with Crippen molar-refractivity contribution < 1.29 is 0 Å². The molecule has 2 fully saturated rings. The van der Waals surface area contributed by atoms with E-state index < -0.39 is 0 Å². The quantitative estimate of drug-likeness (QED) is 0.494. The number of hydrogen-bond acceptors (Lipinski definition) is 1. The van der Waals surface area contributed by atoms with Crippen LogP contribution in [0, 0.1) is 5.92 Å². The van der Waals surface area contributed by atoms with Crippen molar-refractivity contribution in [3.05, 3.63) is 0 Å². The van der Waals surface area contributed by atoms with Gasteiger partial charge in [0.2, 0.25) is 0 Å². The van der Waals surface area contributed by atoms with Crippen LogP contribution in [0.4, 0.5) is 0 Å². The molecule has 1 N–H and O–H groups in total. The molecule has 3 atom stereocenters. The highest BCUT2D eigenvalue weighted by Gasteiger charge is 2.37. The highest BCUT2D eigenvalue weighted by molar-refractivity contribution is 4.95. The average molecular weight is 111 g/mol. The molecule has 1 saturated heterocycles. The maximum Gasteiger partial charge on any atom is 0.00985 e. The third-order valence-electron chi connectivity index (χ3n) is 2.57. The second-order valence-electron chi connectivity index (χ2n) is 3.25. The van der Waals surface area contributed by atoms with Crippen LogP contribution in [0.2, 0.25) is 0 Å². The van der Waals surface area contributed by atoms with Crippen LogP contribution in [0.1, 0.15) is 26.2 Å². The van der Waals surface area contributed by atoms with Gasteiger partial charge in [0.1, 0.15) is 0 Å². The molecule has 0 aromatic rings. The maximum atomic E-state index is 3.55. The van der Waals surface area contributed by atoms with Crippen LogP contribution in [0.15, 0.2) is 0 Å². The molecule has 0 radical (unpaired) electrons. The second-order valence-corrected chi connectivity index (χ2v) is 3.25. The summed E-state index contributed by atoms with van der Waals surface area (Å²) in [4.78, 5) is 0. The van der Waals surface area contributed by atoms with Crippen LogP contribution in [-0.4, -0.2) is 12.1 Å². The highest BCUT2D eigenvalue weighted by atomic mass is 15.0. The Morgan fingerprint density at radius 3 is 2.50 bits per heavy atom. The van der Waals surface area contributed by atoms with Crippen molar-refractivity contribution in [2.75, 3.05) is 0 Å². The Balaban J connectivity index is 2.00. The van der Waals surface area contributed by atoms with Crippen LogP contribution < -0.4 is 5.32 Å². The van der Waals surface area contributed by atoms with E-state index in [0.717, 1.165) is 18.0 Å². The standard InChI is InChI=1S/C7H13N/c1-5-4-6-2-3-7(6)8-5/h5-8H,2-4H2,1H3. The van der Waals surface area contributed by atoms with Crippen molar-refractivity contribution in [2.24, 2.45) is 5.92 Å². The zero-order chi connectivity index (χ0) is 5.56. The van der Waals surface area contributed by atoms with Gasteiger partial charge in [0.15, 0.2) is 0 Å². The molecule has 1 nitrogen and oxygen atoms in total. The van der Waals surface area contributed by atoms with Gasteiger partial charge < -0.3 is 5.32 Å². The third-order valence-corrected chi connectivity index (χ3v) is 2.57. The normalized spacial score (nSPS) is 52.9. The minimum atomic E-state index is 0.812. The van der Waals surface area contributed by atoms with Crippen molar-refractivity contribution in [2.45, 2.75) is 38.3 Å². The van der Waals surface area contributed by atoms with E-state index in [4.69, 9.17) is 0 Å². The molecule has 8 heavy (non-hydrogen) atoms. The van der Waals surface area contributed by atoms with Crippen LogP contribution in [0.5, 0.6) is 0 Å². The Labute approximate surface area is 50.5 Å². The van der Waals surface area contributed by atoms with Crippen LogP contribution >= 0.6 is 0 Å². The van der Waals surface area contributed by atoms with E-state index >= 15 is 0 Å². The zero-order valence-corrected chi connectivity index (χ0v) is 5.35. The number of fused-ring (bicyclic) bond motifs is 1. The lowest BCUT2D eigenvalue weighted by atomic mass is 9.80. The molecule has 1 aliphatic carbocycles. The lowest BCUT2D eigenvalue weighted by Crippen LogP contribution is -2.36. The van der Waals surface area contributed by atoms with E-state index in [0.29, 0.717) is 0 Å². The van der Waals surface area contributed by atoms with Gasteiger partial charge in [0, 0.05) is 12.1 Å². The number of hydrogen-bond donors (Lipinski definition) is 1. The van der Waals surface area contributed by atoms with Crippen molar-refractivity contribution in [1.82, 2.24) is 5.32 Å². The van der Waals surface area contributed by atoms with Gasteiger partial charge in [-0.2, -0.15) is 0 Å². The first-order valence-corrected chi connectivity index (χ1v) is 3.62. The second kappa shape index (κ2) is 1.47. The first kappa shape index (κ1) is 4.80. The maximum absolute atomic E-state index is 3.55. The average Bonchev–Trinajstić information content (AvgIpc) is 1.91. The number of rotatable bonds is 0. The molecule has 0 bridgehead atoms. The molecule has 2 aliphatic rings. The summed E-state index contributed by atoms with van der Waals surface area (Å²) in [6, 6.07) is 1.73. The smallest absolute Gasteiger partial charge is 0.00985 e. The summed E-state index contributed by atoms with van der Waals surface area (Å²) in [5.74, 6) is 1.06. The molecular formula is C7H13N. The summed E-state index contributed by atoms with van der Waals surface area (Å²) in [6.45, 7) is 2.29. The molecular weight excluding hydrogens is 98.1 g/mol. The monoisotopic (exact) mass is 111 g/mol. The molecule has 1 heteroatoms. The summed E-state index contributed by atoms with van der Waals surface area (Å²) in [6.07, 6.45) is 4.36.